The third-order valence-electron chi connectivity index (χ3n) is 4.90. The summed E-state index contributed by atoms with van der Waals surface area (Å²) in [6, 6.07) is 26.6. The van der Waals surface area contributed by atoms with Gasteiger partial charge < -0.3 is 10.1 Å². The second-order valence-corrected chi connectivity index (χ2v) is 6.83. The zero-order valence-electron chi connectivity index (χ0n) is 15.1. The van der Waals surface area contributed by atoms with Crippen LogP contribution in [0.1, 0.15) is 24.1 Å². The number of hydrogen-bond acceptors (Lipinski definition) is 3. The third-order valence-corrected chi connectivity index (χ3v) is 4.90. The van der Waals surface area contributed by atoms with E-state index in [0.717, 1.165) is 17.0 Å². The van der Waals surface area contributed by atoms with Crippen molar-refractivity contribution in [1.29, 1.82) is 0 Å². The number of halogens is 1. The van der Waals surface area contributed by atoms with Crippen molar-refractivity contribution in [2.24, 2.45) is 4.99 Å². The lowest BCUT2D eigenvalue weighted by Gasteiger charge is -2.32. The fourth-order valence-corrected chi connectivity index (χ4v) is 3.52. The first kappa shape index (κ1) is 17.3. The molecule has 2 atom stereocenters. The van der Waals surface area contributed by atoms with Crippen LogP contribution in [0.4, 0.5) is 4.39 Å². The Morgan fingerprint density at radius 1 is 0.963 bits per heavy atom. The Morgan fingerprint density at radius 3 is 2.37 bits per heavy atom. The molecule has 1 aliphatic heterocycles. The first-order chi connectivity index (χ1) is 13.1. The van der Waals surface area contributed by atoms with E-state index in [-0.39, 0.29) is 24.0 Å². The van der Waals surface area contributed by atoms with Crippen LogP contribution in [-0.4, -0.2) is 12.4 Å². The number of hydrogen-bond donors (Lipinski definition) is 1. The van der Waals surface area contributed by atoms with Gasteiger partial charge in [-0.15, -0.1) is 0 Å². The number of nitrogens with one attached hydrogen (secondary N) is 1. The Kier molecular flexibility index (Phi) is 4.63. The third kappa shape index (κ3) is 3.56. The number of rotatable bonds is 5. The summed E-state index contributed by atoms with van der Waals surface area (Å²) in [6.45, 7) is 2.41. The Labute approximate surface area is 158 Å². The largest absolute Gasteiger partial charge is 0.486 e. The van der Waals surface area contributed by atoms with Crippen LogP contribution in [-0.2, 0) is 5.54 Å². The molecule has 0 fully saturated rings. The van der Waals surface area contributed by atoms with Crippen LogP contribution in [0.15, 0.2) is 89.9 Å². The second-order valence-electron chi connectivity index (χ2n) is 6.83. The molecule has 4 rings (SSSR count). The molecule has 0 radical (unpaired) electrons. The fraction of sp³-hybridized carbons (Fsp3) is 0.174. The highest BCUT2D eigenvalue weighted by Crippen LogP contribution is 2.41. The summed E-state index contributed by atoms with van der Waals surface area (Å²) in [5.74, 6) is 0.925. The minimum absolute atomic E-state index is 0.0767. The van der Waals surface area contributed by atoms with Crippen LogP contribution in [0.2, 0.25) is 0 Å². The minimum atomic E-state index is -0.386. The van der Waals surface area contributed by atoms with Gasteiger partial charge in [0.25, 0.3) is 0 Å². The van der Waals surface area contributed by atoms with Crippen molar-refractivity contribution in [3.8, 4) is 5.75 Å². The highest BCUT2D eigenvalue weighted by molar-refractivity contribution is 5.87. The molecule has 3 nitrogen and oxygen atoms in total. The van der Waals surface area contributed by atoms with Gasteiger partial charge in [0.1, 0.15) is 30.1 Å². The van der Waals surface area contributed by atoms with Gasteiger partial charge in [-0.05, 0) is 30.2 Å². The summed E-state index contributed by atoms with van der Waals surface area (Å²) >= 11 is 0. The number of amidine groups is 1. The molecule has 136 valence electrons. The predicted octanol–water partition coefficient (Wildman–Crippen LogP) is 4.86. The second kappa shape index (κ2) is 7.23. The van der Waals surface area contributed by atoms with Crippen molar-refractivity contribution >= 4 is 5.84 Å². The Morgan fingerprint density at radius 2 is 1.67 bits per heavy atom. The van der Waals surface area contributed by atoms with E-state index >= 15 is 0 Å². The predicted molar refractivity (Wildman–Crippen MR) is 105 cm³/mol. The van der Waals surface area contributed by atoms with Crippen LogP contribution in [0, 0.1) is 5.82 Å². The normalized spacial score (nSPS) is 21.4. The summed E-state index contributed by atoms with van der Waals surface area (Å²) in [4.78, 5) is 4.91. The summed E-state index contributed by atoms with van der Waals surface area (Å²) < 4.78 is 19.1. The SMILES string of the molecule is CC1(c2ccccc2)NC(COc2cccc(F)c2)=NC1c1ccccc1. The monoisotopic (exact) mass is 360 g/mol. The first-order valence-corrected chi connectivity index (χ1v) is 8.99. The van der Waals surface area contributed by atoms with E-state index in [4.69, 9.17) is 9.73 Å². The molecule has 1 aliphatic rings. The molecule has 0 saturated carbocycles. The molecule has 2 unspecified atom stereocenters. The van der Waals surface area contributed by atoms with E-state index in [1.54, 1.807) is 12.1 Å². The van der Waals surface area contributed by atoms with Crippen LogP contribution < -0.4 is 10.1 Å². The molecule has 0 saturated heterocycles. The molecule has 0 aromatic heterocycles. The van der Waals surface area contributed by atoms with Crippen molar-refractivity contribution in [3.05, 3.63) is 102 Å². The highest BCUT2D eigenvalue weighted by Gasteiger charge is 2.42. The van der Waals surface area contributed by atoms with Gasteiger partial charge in [-0.2, -0.15) is 0 Å². The summed E-state index contributed by atoms with van der Waals surface area (Å²) in [6.07, 6.45) is 0. The average molecular weight is 360 g/mol. The molecular formula is C23H21FN2O. The maximum atomic E-state index is 13.4. The lowest BCUT2D eigenvalue weighted by molar-refractivity contribution is 0.357. The topological polar surface area (TPSA) is 33.6 Å². The zero-order valence-corrected chi connectivity index (χ0v) is 15.1. The maximum absolute atomic E-state index is 13.4. The number of aliphatic imine (C=N–C) groups is 1. The number of benzene rings is 3. The van der Waals surface area contributed by atoms with Gasteiger partial charge in [0, 0.05) is 6.07 Å². The van der Waals surface area contributed by atoms with Gasteiger partial charge >= 0.3 is 0 Å². The van der Waals surface area contributed by atoms with Gasteiger partial charge in [0.05, 0.1) is 5.54 Å². The molecular weight excluding hydrogens is 339 g/mol. The van der Waals surface area contributed by atoms with Crippen LogP contribution in [0.3, 0.4) is 0 Å². The van der Waals surface area contributed by atoms with Crippen LogP contribution in [0.25, 0.3) is 0 Å². The zero-order chi connectivity index (χ0) is 18.7. The lowest BCUT2D eigenvalue weighted by Crippen LogP contribution is -2.43. The van der Waals surface area contributed by atoms with E-state index in [2.05, 4.69) is 36.5 Å². The van der Waals surface area contributed by atoms with Gasteiger partial charge in [-0.3, -0.25) is 4.99 Å². The summed E-state index contributed by atoms with van der Waals surface area (Å²) in [5, 5.41) is 3.55. The van der Waals surface area contributed by atoms with Gasteiger partial charge in [0.15, 0.2) is 0 Å². The van der Waals surface area contributed by atoms with E-state index in [0.29, 0.717) is 5.75 Å². The maximum Gasteiger partial charge on any atom is 0.145 e. The van der Waals surface area contributed by atoms with Crippen molar-refractivity contribution in [2.75, 3.05) is 6.61 Å². The Hall–Kier alpha value is -3.14. The van der Waals surface area contributed by atoms with Crippen molar-refractivity contribution < 1.29 is 9.13 Å². The molecule has 1 heterocycles. The summed E-state index contributed by atoms with van der Waals surface area (Å²) in [5.41, 5.74) is 1.91. The first-order valence-electron chi connectivity index (χ1n) is 8.99. The van der Waals surface area contributed by atoms with Gasteiger partial charge in [0.2, 0.25) is 0 Å². The minimum Gasteiger partial charge on any atom is -0.486 e. The average Bonchev–Trinajstić information content (AvgIpc) is 3.06. The standard InChI is InChI=1S/C23H21FN2O/c1-23(18-11-6-3-7-12-18)22(17-9-4-2-5-10-17)25-21(26-23)16-27-20-14-8-13-19(24)15-20/h2-15,22H,16H2,1H3,(H,25,26). The highest BCUT2D eigenvalue weighted by atomic mass is 19.1. The molecule has 3 aromatic carbocycles. The van der Waals surface area contributed by atoms with E-state index < -0.39 is 0 Å². The smallest absolute Gasteiger partial charge is 0.145 e. The van der Waals surface area contributed by atoms with Gasteiger partial charge in [-0.25, -0.2) is 4.39 Å². The molecule has 0 bridgehead atoms. The molecule has 4 heteroatoms. The van der Waals surface area contributed by atoms with Gasteiger partial charge in [-0.1, -0.05) is 66.7 Å². The fourth-order valence-electron chi connectivity index (χ4n) is 3.52. The van der Waals surface area contributed by atoms with Crippen molar-refractivity contribution in [3.63, 3.8) is 0 Å². The molecule has 0 amide bonds. The molecule has 27 heavy (non-hydrogen) atoms. The number of ether oxygens (including phenoxy) is 1. The Balaban J connectivity index is 1.62. The lowest BCUT2D eigenvalue weighted by atomic mass is 9.82. The molecule has 0 aliphatic carbocycles. The Bertz CT molecular complexity index is 943. The van der Waals surface area contributed by atoms with E-state index in [9.17, 15) is 4.39 Å². The van der Waals surface area contributed by atoms with Crippen molar-refractivity contribution in [2.45, 2.75) is 18.5 Å². The van der Waals surface area contributed by atoms with Crippen LogP contribution >= 0.6 is 0 Å². The quantitative estimate of drug-likeness (QED) is 0.705. The number of nitrogens with zero attached hydrogens (tertiary/aromatic N) is 1. The van der Waals surface area contributed by atoms with Crippen molar-refractivity contribution in [1.82, 2.24) is 5.32 Å². The van der Waals surface area contributed by atoms with E-state index in [1.807, 2.05) is 36.4 Å². The molecule has 3 aromatic rings. The molecule has 1 N–H and O–H groups in total. The van der Waals surface area contributed by atoms with E-state index in [1.165, 1.54) is 12.1 Å². The van der Waals surface area contributed by atoms with Crippen LogP contribution in [0.5, 0.6) is 5.75 Å². The summed E-state index contributed by atoms with van der Waals surface area (Å²) in [7, 11) is 0. The molecule has 0 spiro atoms.